The number of amides is 1. The van der Waals surface area contributed by atoms with Gasteiger partial charge in [-0.3, -0.25) is 4.79 Å². The Hall–Kier alpha value is -1.93. The molecule has 1 amide bonds. The third-order valence-corrected chi connectivity index (χ3v) is 2.90. The zero-order valence-electron chi connectivity index (χ0n) is 11.4. The van der Waals surface area contributed by atoms with Gasteiger partial charge in [0.1, 0.15) is 5.82 Å². The van der Waals surface area contributed by atoms with Gasteiger partial charge in [-0.15, -0.1) is 0 Å². The van der Waals surface area contributed by atoms with Gasteiger partial charge in [-0.1, -0.05) is 0 Å². The number of nitrogens with zero attached hydrogens (tertiary/aromatic N) is 1. The highest BCUT2D eigenvalue weighted by atomic mass is 19.1. The second-order valence-electron chi connectivity index (χ2n) is 4.98. The summed E-state index contributed by atoms with van der Waals surface area (Å²) < 4.78 is 13.5. The minimum atomic E-state index is -0.571. The van der Waals surface area contributed by atoms with Crippen LogP contribution in [0.15, 0.2) is 18.2 Å². The van der Waals surface area contributed by atoms with Crippen LogP contribution in [0.1, 0.15) is 25.0 Å². The number of benzene rings is 1. The van der Waals surface area contributed by atoms with Crippen molar-refractivity contribution >= 4 is 5.91 Å². The molecule has 0 aliphatic carbocycles. The maximum Gasteiger partial charge on any atom is 0.226 e. The fraction of sp³-hybridized carbons (Fsp3) is 0.429. The summed E-state index contributed by atoms with van der Waals surface area (Å²) in [7, 11) is 1.58. The van der Waals surface area contributed by atoms with Crippen molar-refractivity contribution in [3.8, 4) is 6.07 Å². The average molecular weight is 263 g/mol. The lowest BCUT2D eigenvalue weighted by Gasteiger charge is -2.23. The van der Waals surface area contributed by atoms with Crippen LogP contribution in [0.4, 0.5) is 4.39 Å². The first kappa shape index (κ1) is 15.1. The molecule has 0 heterocycles. The van der Waals surface area contributed by atoms with Gasteiger partial charge in [0.15, 0.2) is 0 Å². The van der Waals surface area contributed by atoms with Gasteiger partial charge >= 0.3 is 0 Å². The third-order valence-electron chi connectivity index (χ3n) is 2.90. The van der Waals surface area contributed by atoms with Crippen LogP contribution in [-0.2, 0) is 11.3 Å². The molecule has 0 saturated heterocycles. The number of carbonyl (C=O) groups excluding carboxylic acids is 1. The van der Waals surface area contributed by atoms with Crippen LogP contribution in [0.2, 0.25) is 0 Å². The van der Waals surface area contributed by atoms with E-state index in [0.29, 0.717) is 17.7 Å². The van der Waals surface area contributed by atoms with Crippen molar-refractivity contribution in [2.45, 2.75) is 20.4 Å². The normalized spacial score (nSPS) is 10.9. The van der Waals surface area contributed by atoms with Gasteiger partial charge in [0.05, 0.1) is 17.0 Å². The van der Waals surface area contributed by atoms with Crippen LogP contribution in [0, 0.1) is 22.6 Å². The Morgan fingerprint density at radius 2 is 2.16 bits per heavy atom. The van der Waals surface area contributed by atoms with E-state index < -0.39 is 5.41 Å². The predicted molar refractivity (Wildman–Crippen MR) is 70.7 cm³/mol. The highest BCUT2D eigenvalue weighted by Gasteiger charge is 2.25. The molecule has 19 heavy (non-hydrogen) atoms. The van der Waals surface area contributed by atoms with Crippen molar-refractivity contribution in [3.05, 3.63) is 35.1 Å². The molecule has 1 aromatic carbocycles. The van der Waals surface area contributed by atoms with E-state index >= 15 is 0 Å². The molecule has 4 nitrogen and oxygen atoms in total. The monoisotopic (exact) mass is 263 g/mol. The molecule has 0 bridgehead atoms. The molecule has 0 aliphatic heterocycles. The Morgan fingerprint density at radius 3 is 2.74 bits per heavy atom. The summed E-state index contributed by atoms with van der Waals surface area (Å²) in [6.45, 7) is 4.31. The maximum absolute atomic E-state index is 13.5. The standard InChI is InChI=1S/C14H18FN3O/c1-14(2,13(19)17-3)9-18-8-11-6-10(7-16)4-5-12(11)15/h4-6,18H,8-9H2,1-3H3,(H,17,19). The molecule has 0 aromatic heterocycles. The fourth-order valence-electron chi connectivity index (χ4n) is 1.71. The van der Waals surface area contributed by atoms with Crippen molar-refractivity contribution in [1.82, 2.24) is 10.6 Å². The van der Waals surface area contributed by atoms with Crippen LogP contribution < -0.4 is 10.6 Å². The van der Waals surface area contributed by atoms with E-state index in [2.05, 4.69) is 10.6 Å². The predicted octanol–water partition coefficient (Wildman–Crippen LogP) is 1.56. The first-order chi connectivity index (χ1) is 8.90. The summed E-state index contributed by atoms with van der Waals surface area (Å²) in [6.07, 6.45) is 0. The molecular formula is C14H18FN3O. The minimum Gasteiger partial charge on any atom is -0.359 e. The molecule has 102 valence electrons. The highest BCUT2D eigenvalue weighted by molar-refractivity contribution is 5.81. The van der Waals surface area contributed by atoms with Crippen LogP contribution in [0.25, 0.3) is 0 Å². The van der Waals surface area contributed by atoms with Gasteiger partial charge in [0.25, 0.3) is 0 Å². The summed E-state index contributed by atoms with van der Waals surface area (Å²) in [4.78, 5) is 11.6. The summed E-state index contributed by atoms with van der Waals surface area (Å²) in [5.41, 5.74) is 0.272. The molecule has 1 aromatic rings. The zero-order valence-corrected chi connectivity index (χ0v) is 11.4. The van der Waals surface area contributed by atoms with Crippen LogP contribution in [0.5, 0.6) is 0 Å². The summed E-state index contributed by atoms with van der Waals surface area (Å²) in [5, 5.41) is 14.4. The molecule has 0 saturated carbocycles. The molecule has 1 rings (SSSR count). The third kappa shape index (κ3) is 4.04. The van der Waals surface area contributed by atoms with Crippen molar-refractivity contribution in [1.29, 1.82) is 5.26 Å². The van der Waals surface area contributed by atoms with Gasteiger partial charge in [-0.2, -0.15) is 5.26 Å². The smallest absolute Gasteiger partial charge is 0.226 e. The Balaban J connectivity index is 2.63. The molecule has 0 fully saturated rings. The average Bonchev–Trinajstić information content (AvgIpc) is 2.39. The second kappa shape index (κ2) is 6.30. The fourth-order valence-corrected chi connectivity index (χ4v) is 1.71. The number of nitrogens with one attached hydrogen (secondary N) is 2. The van der Waals surface area contributed by atoms with E-state index in [4.69, 9.17) is 5.26 Å². The van der Waals surface area contributed by atoms with Gasteiger partial charge in [-0.25, -0.2) is 4.39 Å². The molecule has 0 atom stereocenters. The molecule has 0 unspecified atom stereocenters. The number of rotatable bonds is 5. The summed E-state index contributed by atoms with van der Waals surface area (Å²) >= 11 is 0. The number of carbonyl (C=O) groups is 1. The van der Waals surface area contributed by atoms with Gasteiger partial charge in [0, 0.05) is 25.7 Å². The van der Waals surface area contributed by atoms with Gasteiger partial charge in [-0.05, 0) is 32.0 Å². The van der Waals surface area contributed by atoms with Crippen LogP contribution in [0.3, 0.4) is 0 Å². The van der Waals surface area contributed by atoms with Crippen molar-refractivity contribution in [2.24, 2.45) is 5.41 Å². The van der Waals surface area contributed by atoms with Crippen molar-refractivity contribution in [2.75, 3.05) is 13.6 Å². The zero-order chi connectivity index (χ0) is 14.5. The number of halogens is 1. The van der Waals surface area contributed by atoms with Gasteiger partial charge in [0.2, 0.25) is 5.91 Å². The highest BCUT2D eigenvalue weighted by Crippen LogP contribution is 2.14. The topological polar surface area (TPSA) is 64.9 Å². The Labute approximate surface area is 112 Å². The number of nitriles is 1. The lowest BCUT2D eigenvalue weighted by molar-refractivity contribution is -0.128. The van der Waals surface area contributed by atoms with Crippen molar-refractivity contribution in [3.63, 3.8) is 0 Å². The molecule has 0 aliphatic rings. The maximum atomic E-state index is 13.5. The SMILES string of the molecule is CNC(=O)C(C)(C)CNCc1cc(C#N)ccc1F. The largest absolute Gasteiger partial charge is 0.359 e. The molecule has 2 N–H and O–H groups in total. The van der Waals surface area contributed by atoms with E-state index in [9.17, 15) is 9.18 Å². The van der Waals surface area contributed by atoms with E-state index in [0.717, 1.165) is 0 Å². The number of hydrogen-bond donors (Lipinski definition) is 2. The Kier molecular flexibility index (Phi) is 5.02. The van der Waals surface area contributed by atoms with Crippen LogP contribution in [-0.4, -0.2) is 19.5 Å². The van der Waals surface area contributed by atoms with Crippen LogP contribution >= 0.6 is 0 Å². The van der Waals surface area contributed by atoms with E-state index in [-0.39, 0.29) is 18.3 Å². The van der Waals surface area contributed by atoms with E-state index in [1.807, 2.05) is 6.07 Å². The minimum absolute atomic E-state index is 0.0775. The Bertz CT molecular complexity index is 506. The lowest BCUT2D eigenvalue weighted by atomic mass is 9.92. The van der Waals surface area contributed by atoms with Gasteiger partial charge < -0.3 is 10.6 Å². The van der Waals surface area contributed by atoms with Crippen molar-refractivity contribution < 1.29 is 9.18 Å². The first-order valence-corrected chi connectivity index (χ1v) is 6.02. The summed E-state index contributed by atoms with van der Waals surface area (Å²) in [5.74, 6) is -0.435. The molecule has 0 spiro atoms. The quantitative estimate of drug-likeness (QED) is 0.847. The van der Waals surface area contributed by atoms with E-state index in [1.165, 1.54) is 18.2 Å². The second-order valence-corrected chi connectivity index (χ2v) is 4.98. The lowest BCUT2D eigenvalue weighted by Crippen LogP contribution is -2.41. The first-order valence-electron chi connectivity index (χ1n) is 6.02. The Morgan fingerprint density at radius 1 is 1.47 bits per heavy atom. The molecular weight excluding hydrogens is 245 g/mol. The van der Waals surface area contributed by atoms with E-state index in [1.54, 1.807) is 20.9 Å². The number of hydrogen-bond acceptors (Lipinski definition) is 3. The molecule has 5 heteroatoms. The summed E-state index contributed by atoms with van der Waals surface area (Å²) in [6, 6.07) is 6.19. The molecule has 0 radical (unpaired) electrons.